The van der Waals surface area contributed by atoms with Crippen LogP contribution in [0.3, 0.4) is 0 Å². The van der Waals surface area contributed by atoms with Gasteiger partial charge in [0.1, 0.15) is 6.07 Å². The summed E-state index contributed by atoms with van der Waals surface area (Å²) in [6, 6.07) is 59.8. The van der Waals surface area contributed by atoms with Crippen molar-refractivity contribution in [2.24, 2.45) is 0 Å². The molecular weight excluding hydrogens is 731 g/mol. The van der Waals surface area contributed by atoms with E-state index in [-0.39, 0.29) is 0 Å². The number of hydrogen-bond acceptors (Lipinski definition) is 2. The second kappa shape index (κ2) is 12.0. The van der Waals surface area contributed by atoms with Gasteiger partial charge in [0.2, 0.25) is 5.69 Å². The van der Waals surface area contributed by atoms with Gasteiger partial charge in [0.25, 0.3) is 0 Å². The van der Waals surface area contributed by atoms with Crippen LogP contribution in [-0.4, -0.2) is 14.1 Å². The number of nitrogens with zero attached hydrogens (tertiary/aromatic N) is 5. The third-order valence-corrected chi connectivity index (χ3v) is 12.8. The minimum absolute atomic E-state index is 0.427. The van der Waals surface area contributed by atoms with Gasteiger partial charge in [-0.3, -0.25) is 4.98 Å². The zero-order chi connectivity index (χ0) is 39.6. The van der Waals surface area contributed by atoms with Crippen molar-refractivity contribution in [2.75, 3.05) is 0 Å². The van der Waals surface area contributed by atoms with E-state index in [9.17, 15) is 5.26 Å². The Balaban J connectivity index is 1.33. The van der Waals surface area contributed by atoms with Crippen molar-refractivity contribution < 1.29 is 0 Å². The first-order chi connectivity index (χ1) is 29.8. The minimum atomic E-state index is 0.427. The number of benzene rings is 10. The molecule has 5 nitrogen and oxygen atoms in total. The van der Waals surface area contributed by atoms with Crippen molar-refractivity contribution in [1.82, 2.24) is 14.1 Å². The smallest absolute Gasteiger partial charge is 0.220 e. The number of pyridine rings is 1. The molecule has 3 aromatic heterocycles. The number of nitriles is 1. The van der Waals surface area contributed by atoms with E-state index in [1.807, 2.05) is 60.9 Å². The average Bonchev–Trinajstić information content (AvgIpc) is 3.84. The number of rotatable bonds is 4. The third kappa shape index (κ3) is 4.05. The summed E-state index contributed by atoms with van der Waals surface area (Å²) in [6.07, 6.45) is 3.83. The Kier molecular flexibility index (Phi) is 6.52. The lowest BCUT2D eigenvalue weighted by molar-refractivity contribution is 1.13. The minimum Gasteiger partial charge on any atom is -0.318 e. The normalized spacial score (nSPS) is 12.0. The van der Waals surface area contributed by atoms with Crippen LogP contribution in [0, 0.1) is 17.9 Å². The van der Waals surface area contributed by atoms with Gasteiger partial charge in [0.15, 0.2) is 0 Å². The van der Waals surface area contributed by atoms with Crippen LogP contribution < -0.4 is 0 Å². The highest BCUT2D eigenvalue weighted by Gasteiger charge is 2.33. The van der Waals surface area contributed by atoms with Gasteiger partial charge in [-0.15, -0.1) is 0 Å². The molecule has 0 spiro atoms. The van der Waals surface area contributed by atoms with Gasteiger partial charge in [-0.25, -0.2) is 4.85 Å². The maximum absolute atomic E-state index is 11.7. The summed E-state index contributed by atoms with van der Waals surface area (Å²) < 4.78 is 4.63. The molecule has 0 saturated heterocycles. The molecule has 60 heavy (non-hydrogen) atoms. The summed E-state index contributed by atoms with van der Waals surface area (Å²) in [5.41, 5.74) is 9.50. The first-order valence-electron chi connectivity index (χ1n) is 20.1. The van der Waals surface area contributed by atoms with E-state index in [0.717, 1.165) is 93.2 Å². The summed E-state index contributed by atoms with van der Waals surface area (Å²) >= 11 is 0. The Morgan fingerprint density at radius 3 is 1.33 bits per heavy atom. The molecule has 0 saturated carbocycles. The average molecular weight is 760 g/mol. The monoisotopic (exact) mass is 759 g/mol. The molecule has 0 N–H and O–H groups in total. The molecule has 0 amide bonds. The maximum Gasteiger partial charge on any atom is 0.220 e. The molecular formula is C55H29N5. The predicted molar refractivity (Wildman–Crippen MR) is 247 cm³/mol. The van der Waals surface area contributed by atoms with Crippen LogP contribution in [-0.2, 0) is 0 Å². The van der Waals surface area contributed by atoms with Crippen LogP contribution in [0.25, 0.3) is 125 Å². The fourth-order valence-corrected chi connectivity index (χ4v) is 10.5. The summed E-state index contributed by atoms with van der Waals surface area (Å²) in [7, 11) is 0. The summed E-state index contributed by atoms with van der Waals surface area (Å²) in [4.78, 5) is 9.06. The summed E-state index contributed by atoms with van der Waals surface area (Å²) in [5, 5.41) is 25.5. The van der Waals surface area contributed by atoms with Crippen molar-refractivity contribution in [3.8, 4) is 39.7 Å². The molecule has 3 heterocycles. The quantitative estimate of drug-likeness (QED) is 0.133. The van der Waals surface area contributed by atoms with Crippen molar-refractivity contribution in [1.29, 1.82) is 5.26 Å². The van der Waals surface area contributed by atoms with E-state index in [1.165, 1.54) is 21.5 Å². The Morgan fingerprint density at radius 1 is 0.433 bits per heavy atom. The maximum atomic E-state index is 11.7. The first-order valence-corrected chi connectivity index (χ1v) is 20.1. The largest absolute Gasteiger partial charge is 0.318 e. The van der Waals surface area contributed by atoms with E-state index in [2.05, 4.69) is 140 Å². The van der Waals surface area contributed by atoms with E-state index >= 15 is 0 Å². The molecule has 0 aliphatic heterocycles. The second-order valence-electron chi connectivity index (χ2n) is 15.6. The Bertz CT molecular complexity index is 3610. The number of hydrogen-bond donors (Lipinski definition) is 0. The number of fused-ring (bicyclic) bond motifs is 6. The van der Waals surface area contributed by atoms with Gasteiger partial charge < -0.3 is 9.13 Å². The van der Waals surface area contributed by atoms with E-state index in [0.29, 0.717) is 16.8 Å². The molecule has 10 aromatic carbocycles. The molecule has 5 heteroatoms. The molecule has 0 fully saturated rings. The lowest BCUT2D eigenvalue weighted by Gasteiger charge is -2.25. The highest BCUT2D eigenvalue weighted by atomic mass is 15.0. The van der Waals surface area contributed by atoms with Crippen molar-refractivity contribution in [3.63, 3.8) is 0 Å². The van der Waals surface area contributed by atoms with Crippen molar-refractivity contribution >= 4 is 92.4 Å². The third-order valence-electron chi connectivity index (χ3n) is 12.8. The summed E-state index contributed by atoms with van der Waals surface area (Å²) in [6.45, 7) is 9.16. The second-order valence-corrected chi connectivity index (χ2v) is 15.6. The van der Waals surface area contributed by atoms with E-state index in [1.54, 1.807) is 0 Å². The lowest BCUT2D eigenvalue weighted by Crippen LogP contribution is -2.08. The van der Waals surface area contributed by atoms with Gasteiger partial charge in [0.05, 0.1) is 45.6 Å². The van der Waals surface area contributed by atoms with Gasteiger partial charge in [0, 0.05) is 50.5 Å². The SMILES string of the molecule is [C-]#[N+]c1c(-c2ccccc2)c(C#N)c(-n2c3cccc4c5ccncc5c5cccc2c5c43)c(-c2ccccc2)c1-n1c2cccc3c4ccccc4c4cccc1c4c32. The molecule has 0 radical (unpaired) electrons. The lowest BCUT2D eigenvalue weighted by atomic mass is 9.88. The molecule has 0 bridgehead atoms. The van der Waals surface area contributed by atoms with Crippen LogP contribution in [0.1, 0.15) is 5.56 Å². The molecule has 0 atom stereocenters. The highest BCUT2D eigenvalue weighted by Crippen LogP contribution is 2.54. The van der Waals surface area contributed by atoms with Gasteiger partial charge in [-0.1, -0.05) is 133 Å². The van der Waals surface area contributed by atoms with Crippen LogP contribution >= 0.6 is 0 Å². The molecule has 13 rings (SSSR count). The highest BCUT2D eigenvalue weighted by molar-refractivity contribution is 6.36. The molecule has 274 valence electrons. The standard InChI is InChI=1S/C55H29N5/c1-57-53-47(32-14-4-2-5-15-32)41(30-56)54(59-43-24-12-22-39-36-28-29-58-31-42(36)40-23-13-25-44(59)52(40)51(39)43)48(33-16-6-3-7-17-33)55(53)60-45-26-10-20-37-34-18-8-9-19-35(34)38-21-11-27-46(60)50(38)49(37)45/h2-29,31H. The van der Waals surface area contributed by atoms with E-state index in [4.69, 9.17) is 6.57 Å². The van der Waals surface area contributed by atoms with Crippen LogP contribution in [0.5, 0.6) is 0 Å². The molecule has 0 aliphatic rings. The first kappa shape index (κ1) is 32.6. The molecule has 0 unspecified atom stereocenters. The van der Waals surface area contributed by atoms with Crippen LogP contribution in [0.15, 0.2) is 176 Å². The Labute approximate surface area is 343 Å². The Hall–Kier alpha value is -8.51. The zero-order valence-corrected chi connectivity index (χ0v) is 32.0. The fraction of sp³-hybridized carbons (Fsp3) is 0. The van der Waals surface area contributed by atoms with Gasteiger partial charge in [-0.05, 0) is 79.2 Å². The van der Waals surface area contributed by atoms with Crippen molar-refractivity contribution in [2.45, 2.75) is 0 Å². The zero-order valence-electron chi connectivity index (χ0n) is 32.0. The van der Waals surface area contributed by atoms with E-state index < -0.39 is 0 Å². The topological polar surface area (TPSA) is 50.9 Å². The van der Waals surface area contributed by atoms with Gasteiger partial charge >= 0.3 is 0 Å². The molecule has 0 aliphatic carbocycles. The molecule has 13 aromatic rings. The van der Waals surface area contributed by atoms with Crippen molar-refractivity contribution in [3.05, 3.63) is 193 Å². The Morgan fingerprint density at radius 2 is 0.850 bits per heavy atom. The fourth-order valence-electron chi connectivity index (χ4n) is 10.5. The van der Waals surface area contributed by atoms with Gasteiger partial charge in [-0.2, -0.15) is 5.26 Å². The predicted octanol–water partition coefficient (Wildman–Crippen LogP) is 14.5. The van der Waals surface area contributed by atoms with Crippen LogP contribution in [0.4, 0.5) is 5.69 Å². The number of aromatic nitrogens is 3. The summed E-state index contributed by atoms with van der Waals surface area (Å²) in [5.74, 6) is 0. The van der Waals surface area contributed by atoms with Crippen LogP contribution in [0.2, 0.25) is 0 Å².